The van der Waals surface area contributed by atoms with Gasteiger partial charge in [0.2, 0.25) is 5.91 Å². The fourth-order valence-corrected chi connectivity index (χ4v) is 1.71. The largest absolute Gasteiger partial charge is 0.494 e. The number of hydrogen-bond acceptors (Lipinski definition) is 2. The van der Waals surface area contributed by atoms with Crippen molar-refractivity contribution in [2.24, 2.45) is 0 Å². The van der Waals surface area contributed by atoms with E-state index < -0.39 is 0 Å². The maximum absolute atomic E-state index is 11.6. The van der Waals surface area contributed by atoms with E-state index in [2.05, 4.69) is 19.2 Å². The zero-order valence-electron chi connectivity index (χ0n) is 12.5. The minimum atomic E-state index is -0.0348. The molecule has 0 aliphatic carbocycles. The lowest BCUT2D eigenvalue weighted by atomic mass is 10.2. The first-order valence-electron chi connectivity index (χ1n) is 7.45. The van der Waals surface area contributed by atoms with E-state index in [0.29, 0.717) is 0 Å². The fraction of sp³-hybridized carbons (Fsp3) is 0.471. The van der Waals surface area contributed by atoms with Gasteiger partial charge in [0.25, 0.3) is 0 Å². The molecule has 0 heterocycles. The Hall–Kier alpha value is -1.77. The van der Waals surface area contributed by atoms with Crippen LogP contribution in [0.2, 0.25) is 0 Å². The Balaban J connectivity index is 2.35. The topological polar surface area (TPSA) is 38.3 Å². The molecule has 1 aromatic carbocycles. The quantitative estimate of drug-likeness (QED) is 0.550. The molecule has 0 radical (unpaired) electrons. The first-order valence-corrected chi connectivity index (χ1v) is 7.45. The molecular formula is C17H25NO2. The van der Waals surface area contributed by atoms with Gasteiger partial charge in [-0.1, -0.05) is 38.8 Å². The van der Waals surface area contributed by atoms with E-state index in [0.717, 1.165) is 50.1 Å². The van der Waals surface area contributed by atoms with Crippen LogP contribution in [0, 0.1) is 0 Å². The molecule has 0 aliphatic heterocycles. The molecule has 0 saturated heterocycles. The van der Waals surface area contributed by atoms with Crippen molar-refractivity contribution in [3.63, 3.8) is 0 Å². The lowest BCUT2D eigenvalue weighted by Gasteiger charge is -2.04. The second kappa shape index (κ2) is 10.1. The highest BCUT2D eigenvalue weighted by Gasteiger charge is 1.96. The molecule has 0 aliphatic rings. The van der Waals surface area contributed by atoms with Crippen molar-refractivity contribution < 1.29 is 9.53 Å². The number of amides is 1. The number of benzene rings is 1. The molecule has 1 N–H and O–H groups in total. The van der Waals surface area contributed by atoms with Crippen molar-refractivity contribution >= 4 is 12.0 Å². The Labute approximate surface area is 122 Å². The summed E-state index contributed by atoms with van der Waals surface area (Å²) in [6.45, 7) is 5.71. The van der Waals surface area contributed by atoms with Gasteiger partial charge in [0, 0.05) is 12.6 Å². The predicted molar refractivity (Wildman–Crippen MR) is 83.8 cm³/mol. The highest BCUT2D eigenvalue weighted by atomic mass is 16.5. The molecule has 0 unspecified atom stereocenters. The van der Waals surface area contributed by atoms with Crippen LogP contribution in [0.25, 0.3) is 6.08 Å². The van der Waals surface area contributed by atoms with E-state index in [4.69, 9.17) is 4.74 Å². The fourth-order valence-electron chi connectivity index (χ4n) is 1.71. The summed E-state index contributed by atoms with van der Waals surface area (Å²) >= 11 is 0. The summed E-state index contributed by atoms with van der Waals surface area (Å²) < 4.78 is 5.51. The number of hydrogen-bond donors (Lipinski definition) is 1. The Morgan fingerprint density at radius 1 is 1.15 bits per heavy atom. The summed E-state index contributed by atoms with van der Waals surface area (Å²) in [5, 5.41) is 2.88. The third kappa shape index (κ3) is 6.98. The minimum absolute atomic E-state index is 0.0348. The molecular weight excluding hydrogens is 250 g/mol. The number of unbranched alkanes of at least 4 members (excludes halogenated alkanes) is 2. The summed E-state index contributed by atoms with van der Waals surface area (Å²) in [6, 6.07) is 7.75. The van der Waals surface area contributed by atoms with Gasteiger partial charge < -0.3 is 10.1 Å². The lowest BCUT2D eigenvalue weighted by molar-refractivity contribution is -0.116. The molecule has 110 valence electrons. The van der Waals surface area contributed by atoms with Gasteiger partial charge in [0.05, 0.1) is 6.61 Å². The van der Waals surface area contributed by atoms with Gasteiger partial charge >= 0.3 is 0 Å². The molecule has 1 rings (SSSR count). The molecule has 0 atom stereocenters. The smallest absolute Gasteiger partial charge is 0.243 e. The minimum Gasteiger partial charge on any atom is -0.494 e. The van der Waals surface area contributed by atoms with Crippen LogP contribution in [-0.4, -0.2) is 19.1 Å². The summed E-state index contributed by atoms with van der Waals surface area (Å²) in [6.07, 6.45) is 7.76. The summed E-state index contributed by atoms with van der Waals surface area (Å²) in [7, 11) is 0. The van der Waals surface area contributed by atoms with Gasteiger partial charge in [-0.05, 0) is 36.6 Å². The van der Waals surface area contributed by atoms with Crippen LogP contribution < -0.4 is 10.1 Å². The zero-order valence-corrected chi connectivity index (χ0v) is 12.5. The lowest BCUT2D eigenvalue weighted by Crippen LogP contribution is -2.21. The zero-order chi connectivity index (χ0) is 14.6. The standard InChI is InChI=1S/C17H25NO2/c1-3-5-6-13-18-17(19)12-9-15-7-10-16(11-8-15)20-14-4-2/h7-12H,3-6,13-14H2,1-2H3,(H,18,19)/b12-9+. The maximum atomic E-state index is 11.6. The highest BCUT2D eigenvalue weighted by molar-refractivity contribution is 5.91. The third-order valence-corrected chi connectivity index (χ3v) is 2.86. The number of rotatable bonds is 9. The second-order valence-electron chi connectivity index (χ2n) is 4.75. The third-order valence-electron chi connectivity index (χ3n) is 2.86. The van der Waals surface area contributed by atoms with E-state index in [9.17, 15) is 4.79 Å². The van der Waals surface area contributed by atoms with Crippen molar-refractivity contribution in [2.45, 2.75) is 39.5 Å². The Morgan fingerprint density at radius 2 is 1.90 bits per heavy atom. The summed E-state index contributed by atoms with van der Waals surface area (Å²) in [5.74, 6) is 0.834. The SMILES string of the molecule is CCCCCNC(=O)/C=C/c1ccc(OCCC)cc1. The van der Waals surface area contributed by atoms with Gasteiger partial charge in [-0.25, -0.2) is 0 Å². The summed E-state index contributed by atoms with van der Waals surface area (Å²) in [4.78, 5) is 11.6. The Bertz CT molecular complexity index is 410. The van der Waals surface area contributed by atoms with Crippen molar-refractivity contribution in [2.75, 3.05) is 13.2 Å². The first kappa shape index (κ1) is 16.3. The number of carbonyl (C=O) groups excluding carboxylic acids is 1. The van der Waals surface area contributed by atoms with Crippen LogP contribution in [0.15, 0.2) is 30.3 Å². The van der Waals surface area contributed by atoms with E-state index in [1.165, 1.54) is 0 Å². The molecule has 0 aromatic heterocycles. The van der Waals surface area contributed by atoms with Crippen molar-refractivity contribution in [1.29, 1.82) is 0 Å². The molecule has 1 amide bonds. The molecule has 20 heavy (non-hydrogen) atoms. The number of carbonyl (C=O) groups is 1. The van der Waals surface area contributed by atoms with Gasteiger partial charge in [0.15, 0.2) is 0 Å². The second-order valence-corrected chi connectivity index (χ2v) is 4.75. The molecule has 3 heteroatoms. The van der Waals surface area contributed by atoms with Gasteiger partial charge in [-0.15, -0.1) is 0 Å². The van der Waals surface area contributed by atoms with E-state index in [-0.39, 0.29) is 5.91 Å². The van der Waals surface area contributed by atoms with Crippen LogP contribution in [0.3, 0.4) is 0 Å². The van der Waals surface area contributed by atoms with Crippen LogP contribution in [0.1, 0.15) is 45.1 Å². The highest BCUT2D eigenvalue weighted by Crippen LogP contribution is 2.13. The van der Waals surface area contributed by atoms with Crippen LogP contribution in [0.4, 0.5) is 0 Å². The van der Waals surface area contributed by atoms with Crippen molar-refractivity contribution in [1.82, 2.24) is 5.32 Å². The Morgan fingerprint density at radius 3 is 2.55 bits per heavy atom. The van der Waals surface area contributed by atoms with Crippen LogP contribution >= 0.6 is 0 Å². The average Bonchev–Trinajstić information content (AvgIpc) is 2.48. The van der Waals surface area contributed by atoms with Gasteiger partial charge in [-0.3, -0.25) is 4.79 Å². The van der Waals surface area contributed by atoms with Gasteiger partial charge in [-0.2, -0.15) is 0 Å². The molecule has 1 aromatic rings. The monoisotopic (exact) mass is 275 g/mol. The predicted octanol–water partition coefficient (Wildman–Crippen LogP) is 3.80. The molecule has 3 nitrogen and oxygen atoms in total. The molecule has 0 saturated carbocycles. The molecule has 0 bridgehead atoms. The molecule has 0 spiro atoms. The normalized spacial score (nSPS) is 10.7. The van der Waals surface area contributed by atoms with Crippen LogP contribution in [0.5, 0.6) is 5.75 Å². The first-order chi connectivity index (χ1) is 9.76. The average molecular weight is 275 g/mol. The van der Waals surface area contributed by atoms with Crippen LogP contribution in [-0.2, 0) is 4.79 Å². The number of nitrogens with one attached hydrogen (secondary N) is 1. The maximum Gasteiger partial charge on any atom is 0.243 e. The van der Waals surface area contributed by atoms with E-state index >= 15 is 0 Å². The number of ether oxygens (including phenoxy) is 1. The van der Waals surface area contributed by atoms with E-state index in [1.54, 1.807) is 6.08 Å². The molecule has 0 fully saturated rings. The van der Waals surface area contributed by atoms with Crippen molar-refractivity contribution in [3.05, 3.63) is 35.9 Å². The summed E-state index contributed by atoms with van der Waals surface area (Å²) in [5.41, 5.74) is 0.998. The van der Waals surface area contributed by atoms with Gasteiger partial charge in [0.1, 0.15) is 5.75 Å². The van der Waals surface area contributed by atoms with E-state index in [1.807, 2.05) is 30.3 Å². The Kier molecular flexibility index (Phi) is 8.20. The van der Waals surface area contributed by atoms with Crippen molar-refractivity contribution in [3.8, 4) is 5.75 Å².